The molecule has 0 aliphatic heterocycles. The normalized spacial score (nSPS) is 20.0. The molecule has 0 aromatic heterocycles. The monoisotopic (exact) mass is 335 g/mol. The molecule has 0 aliphatic carbocycles. The molecule has 0 amide bonds. The summed E-state index contributed by atoms with van der Waals surface area (Å²) in [4.78, 5) is 0. The lowest BCUT2D eigenvalue weighted by atomic mass is 9.65. The Labute approximate surface area is 136 Å². The minimum atomic E-state index is -1.65. The van der Waals surface area contributed by atoms with Crippen molar-refractivity contribution in [2.45, 2.75) is 59.1 Å². The molecule has 1 rings (SSSR count). The van der Waals surface area contributed by atoms with E-state index in [4.69, 9.17) is 17.3 Å². The van der Waals surface area contributed by atoms with E-state index in [1.54, 1.807) is 25.1 Å². The van der Waals surface area contributed by atoms with Crippen LogP contribution in [0, 0.1) is 11.3 Å². The van der Waals surface area contributed by atoms with Crippen molar-refractivity contribution >= 4 is 17.3 Å². The van der Waals surface area contributed by atoms with Crippen LogP contribution in [0.5, 0.6) is 0 Å². The number of anilines is 1. The van der Waals surface area contributed by atoms with Gasteiger partial charge in [-0.1, -0.05) is 18.5 Å². The summed E-state index contributed by atoms with van der Waals surface area (Å²) in [6.45, 7) is 5.40. The molecule has 1 nitrogen and oxygen atoms in total. The Bertz CT molecular complexity index is 467. The van der Waals surface area contributed by atoms with Gasteiger partial charge in [-0.2, -0.15) is 0 Å². The number of nitrogens with two attached hydrogens (primary N) is 1. The Hall–Kier alpha value is -0.900. The van der Waals surface area contributed by atoms with Gasteiger partial charge in [0.1, 0.15) is 18.5 Å². The fourth-order valence-corrected chi connectivity index (χ4v) is 3.73. The van der Waals surface area contributed by atoms with Gasteiger partial charge in [-0.15, -0.1) is 0 Å². The number of aryl methyl sites for hydroxylation is 1. The van der Waals surface area contributed by atoms with Gasteiger partial charge in [-0.25, -0.2) is 13.2 Å². The summed E-state index contributed by atoms with van der Waals surface area (Å²) in [6.07, 6.45) is -3.82. The average molecular weight is 336 g/mol. The standard InChI is InChI=1S/C17H25ClF3N/c1-10(17(11(2)19,12(3)20)13(4)21)5-6-14-9-15(18)7-8-16(14)22/h7-13H,5-6,22H2,1-4H3. The summed E-state index contributed by atoms with van der Waals surface area (Å²) in [6, 6.07) is 5.12. The summed E-state index contributed by atoms with van der Waals surface area (Å²) < 4.78 is 42.3. The van der Waals surface area contributed by atoms with E-state index < -0.39 is 29.8 Å². The Morgan fingerprint density at radius 3 is 2.00 bits per heavy atom. The molecular formula is C17H25ClF3N. The molecule has 0 aliphatic rings. The molecule has 126 valence electrons. The van der Waals surface area contributed by atoms with Gasteiger partial charge in [-0.3, -0.25) is 0 Å². The molecule has 2 N–H and O–H groups in total. The molecule has 0 saturated carbocycles. The number of rotatable bonds is 7. The highest BCUT2D eigenvalue weighted by atomic mass is 35.5. The molecule has 1 aromatic carbocycles. The third-order valence-electron chi connectivity index (χ3n) is 4.87. The summed E-state index contributed by atoms with van der Waals surface area (Å²) in [7, 11) is 0. The minimum absolute atomic E-state index is 0.432. The minimum Gasteiger partial charge on any atom is -0.399 e. The molecule has 4 atom stereocenters. The number of hydrogen-bond acceptors (Lipinski definition) is 1. The quantitative estimate of drug-likeness (QED) is 0.649. The predicted molar refractivity (Wildman–Crippen MR) is 87.5 cm³/mol. The van der Waals surface area contributed by atoms with Crippen LogP contribution in [0.15, 0.2) is 18.2 Å². The van der Waals surface area contributed by atoms with Gasteiger partial charge in [0.05, 0.1) is 5.41 Å². The molecular weight excluding hydrogens is 311 g/mol. The largest absolute Gasteiger partial charge is 0.399 e. The van der Waals surface area contributed by atoms with Crippen molar-refractivity contribution in [3.63, 3.8) is 0 Å². The van der Waals surface area contributed by atoms with E-state index in [1.165, 1.54) is 20.8 Å². The van der Waals surface area contributed by atoms with E-state index in [0.717, 1.165) is 5.56 Å². The zero-order chi connectivity index (χ0) is 17.1. The third-order valence-corrected chi connectivity index (χ3v) is 5.11. The van der Waals surface area contributed by atoms with Gasteiger partial charge in [0.2, 0.25) is 0 Å². The summed E-state index contributed by atoms with van der Waals surface area (Å²) in [5, 5.41) is 0.555. The molecule has 5 heteroatoms. The molecule has 1 aromatic rings. The van der Waals surface area contributed by atoms with Crippen LogP contribution < -0.4 is 5.73 Å². The van der Waals surface area contributed by atoms with Gasteiger partial charge in [0, 0.05) is 10.7 Å². The van der Waals surface area contributed by atoms with Gasteiger partial charge < -0.3 is 5.73 Å². The number of hydrogen-bond donors (Lipinski definition) is 1. The van der Waals surface area contributed by atoms with Crippen molar-refractivity contribution in [1.82, 2.24) is 0 Å². The SMILES string of the molecule is CC(F)C(C(C)F)(C(C)F)C(C)CCc1cc(Cl)ccc1N. The van der Waals surface area contributed by atoms with Crippen molar-refractivity contribution < 1.29 is 13.2 Å². The van der Waals surface area contributed by atoms with Gasteiger partial charge in [-0.05, 0) is 63.3 Å². The summed E-state index contributed by atoms with van der Waals surface area (Å²) in [5.41, 5.74) is 5.64. The molecule has 0 heterocycles. The molecule has 0 fully saturated rings. The van der Waals surface area contributed by atoms with Crippen LogP contribution in [0.2, 0.25) is 5.02 Å². The second-order valence-electron chi connectivity index (χ2n) is 6.13. The molecule has 0 bridgehead atoms. The predicted octanol–water partition coefficient (Wildman–Crippen LogP) is 5.55. The Balaban J connectivity index is 2.97. The topological polar surface area (TPSA) is 26.0 Å². The van der Waals surface area contributed by atoms with Gasteiger partial charge in [0.25, 0.3) is 0 Å². The van der Waals surface area contributed by atoms with Crippen LogP contribution >= 0.6 is 11.6 Å². The van der Waals surface area contributed by atoms with E-state index in [-0.39, 0.29) is 0 Å². The highest BCUT2D eigenvalue weighted by Gasteiger charge is 2.51. The number of alkyl halides is 3. The van der Waals surface area contributed by atoms with Crippen LogP contribution in [-0.4, -0.2) is 18.5 Å². The van der Waals surface area contributed by atoms with Crippen molar-refractivity contribution in [2.24, 2.45) is 11.3 Å². The lowest BCUT2D eigenvalue weighted by Crippen LogP contribution is -2.50. The number of nitrogen functional groups attached to an aromatic ring is 1. The molecule has 0 spiro atoms. The number of benzene rings is 1. The van der Waals surface area contributed by atoms with E-state index in [1.807, 2.05) is 0 Å². The van der Waals surface area contributed by atoms with E-state index in [2.05, 4.69) is 0 Å². The Morgan fingerprint density at radius 2 is 1.55 bits per heavy atom. The lowest BCUT2D eigenvalue weighted by molar-refractivity contribution is -0.0746. The first-order valence-corrected chi connectivity index (χ1v) is 7.97. The highest BCUT2D eigenvalue weighted by molar-refractivity contribution is 6.30. The van der Waals surface area contributed by atoms with Crippen molar-refractivity contribution in [2.75, 3.05) is 5.73 Å². The van der Waals surface area contributed by atoms with Crippen LogP contribution in [0.3, 0.4) is 0 Å². The molecule has 4 unspecified atom stereocenters. The van der Waals surface area contributed by atoms with E-state index in [0.29, 0.717) is 23.6 Å². The number of halogens is 4. The first-order valence-electron chi connectivity index (χ1n) is 7.60. The molecule has 0 saturated heterocycles. The first-order chi connectivity index (χ1) is 10.1. The third kappa shape index (κ3) is 3.70. The van der Waals surface area contributed by atoms with Gasteiger partial charge >= 0.3 is 0 Å². The fraction of sp³-hybridized carbons (Fsp3) is 0.647. The van der Waals surface area contributed by atoms with Gasteiger partial charge in [0.15, 0.2) is 0 Å². The fourth-order valence-electron chi connectivity index (χ4n) is 3.54. The van der Waals surface area contributed by atoms with Crippen LogP contribution in [0.1, 0.15) is 39.7 Å². The smallest absolute Gasteiger partial charge is 0.109 e. The molecule has 22 heavy (non-hydrogen) atoms. The van der Waals surface area contributed by atoms with E-state index >= 15 is 0 Å². The average Bonchev–Trinajstić information content (AvgIpc) is 2.39. The van der Waals surface area contributed by atoms with Crippen LogP contribution in [-0.2, 0) is 6.42 Å². The maximum atomic E-state index is 14.1. The highest BCUT2D eigenvalue weighted by Crippen LogP contribution is 2.45. The molecule has 0 radical (unpaired) electrons. The van der Waals surface area contributed by atoms with Crippen LogP contribution in [0.25, 0.3) is 0 Å². The second kappa shape index (κ2) is 7.58. The van der Waals surface area contributed by atoms with E-state index in [9.17, 15) is 13.2 Å². The zero-order valence-electron chi connectivity index (χ0n) is 13.5. The Morgan fingerprint density at radius 1 is 1.05 bits per heavy atom. The van der Waals surface area contributed by atoms with Crippen molar-refractivity contribution in [3.8, 4) is 0 Å². The second-order valence-corrected chi connectivity index (χ2v) is 6.57. The summed E-state index contributed by atoms with van der Waals surface area (Å²) in [5.74, 6) is -0.481. The van der Waals surface area contributed by atoms with Crippen molar-refractivity contribution in [3.05, 3.63) is 28.8 Å². The van der Waals surface area contributed by atoms with Crippen LogP contribution in [0.4, 0.5) is 18.9 Å². The Kier molecular flexibility index (Phi) is 6.60. The summed E-state index contributed by atoms with van der Waals surface area (Å²) >= 11 is 5.94. The lowest BCUT2D eigenvalue weighted by Gasteiger charge is -2.43. The first kappa shape index (κ1) is 19.1. The zero-order valence-corrected chi connectivity index (χ0v) is 14.3. The van der Waals surface area contributed by atoms with Crippen molar-refractivity contribution in [1.29, 1.82) is 0 Å². The maximum Gasteiger partial charge on any atom is 0.109 e. The maximum absolute atomic E-state index is 14.1.